The molecule has 0 bridgehead atoms. The van der Waals surface area contributed by atoms with E-state index in [1.807, 2.05) is 6.92 Å². The van der Waals surface area contributed by atoms with Gasteiger partial charge in [-0.1, -0.05) is 43.0 Å². The highest BCUT2D eigenvalue weighted by Gasteiger charge is 2.19. The molecule has 29 heavy (non-hydrogen) atoms. The minimum atomic E-state index is -0.528. The molecule has 9 heteroatoms. The zero-order valence-corrected chi connectivity index (χ0v) is 16.9. The molecular formula is C20H20N4O4S. The maximum atomic E-state index is 12.8. The zero-order valence-electron chi connectivity index (χ0n) is 16.0. The molecule has 0 saturated heterocycles. The summed E-state index contributed by atoms with van der Waals surface area (Å²) in [7, 11) is 0. The monoisotopic (exact) mass is 412 g/mol. The zero-order chi connectivity index (χ0) is 21.0. The molecule has 1 amide bonds. The first-order chi connectivity index (χ1) is 13.9. The number of hydrogen-bond donors (Lipinski definition) is 1. The second kappa shape index (κ2) is 8.87. The molecule has 0 atom stereocenters. The van der Waals surface area contributed by atoms with Gasteiger partial charge in [0.05, 0.1) is 21.6 Å². The Labute approximate surface area is 171 Å². The van der Waals surface area contributed by atoms with Crippen molar-refractivity contribution in [3.05, 3.63) is 68.5 Å². The van der Waals surface area contributed by atoms with Gasteiger partial charge in [-0.25, -0.2) is 4.98 Å². The number of amides is 1. The van der Waals surface area contributed by atoms with E-state index in [9.17, 15) is 19.7 Å². The first kappa shape index (κ1) is 20.5. The van der Waals surface area contributed by atoms with Crippen molar-refractivity contribution in [2.24, 2.45) is 0 Å². The molecule has 0 unspecified atom stereocenters. The van der Waals surface area contributed by atoms with Gasteiger partial charge in [-0.2, -0.15) is 0 Å². The molecule has 150 valence electrons. The lowest BCUT2D eigenvalue weighted by Gasteiger charge is -2.12. The molecule has 0 spiro atoms. The van der Waals surface area contributed by atoms with Crippen molar-refractivity contribution in [3.8, 4) is 0 Å². The maximum Gasteiger partial charge on any atom is 0.293 e. The van der Waals surface area contributed by atoms with Crippen molar-refractivity contribution >= 4 is 39.9 Å². The van der Waals surface area contributed by atoms with Gasteiger partial charge in [-0.05, 0) is 31.0 Å². The quantitative estimate of drug-likeness (QED) is 0.274. The Bertz CT molecular complexity index is 1140. The summed E-state index contributed by atoms with van der Waals surface area (Å²) in [5, 5.41) is 14.8. The lowest BCUT2D eigenvalue weighted by molar-refractivity contribution is -0.384. The van der Waals surface area contributed by atoms with Crippen LogP contribution in [0.25, 0.3) is 10.9 Å². The van der Waals surface area contributed by atoms with Crippen LogP contribution < -0.4 is 10.9 Å². The fourth-order valence-corrected chi connectivity index (χ4v) is 3.78. The Balaban J connectivity index is 1.84. The summed E-state index contributed by atoms with van der Waals surface area (Å²) in [6.45, 7) is 4.14. The van der Waals surface area contributed by atoms with Crippen LogP contribution in [0.4, 0.5) is 11.4 Å². The van der Waals surface area contributed by atoms with Crippen LogP contribution in [0, 0.1) is 17.0 Å². The average Bonchev–Trinajstić information content (AvgIpc) is 2.70. The highest BCUT2D eigenvalue weighted by atomic mass is 32.2. The minimum absolute atomic E-state index is 0.0278. The number of rotatable bonds is 7. The average molecular weight is 412 g/mol. The Kier molecular flexibility index (Phi) is 6.28. The second-order valence-corrected chi connectivity index (χ2v) is 7.37. The molecule has 3 rings (SSSR count). The van der Waals surface area contributed by atoms with E-state index < -0.39 is 10.8 Å². The third-order valence-corrected chi connectivity index (χ3v) is 5.29. The highest BCUT2D eigenvalue weighted by Crippen LogP contribution is 2.28. The fourth-order valence-electron chi connectivity index (χ4n) is 2.95. The SMILES string of the molecule is CCCn1c(SCC(=O)Nc2c(C)cccc2[N+](=O)[O-])nc2ccccc2c1=O. The summed E-state index contributed by atoms with van der Waals surface area (Å²) in [5.41, 5.74) is 1.05. The summed E-state index contributed by atoms with van der Waals surface area (Å²) in [4.78, 5) is 40.5. The highest BCUT2D eigenvalue weighted by molar-refractivity contribution is 7.99. The summed E-state index contributed by atoms with van der Waals surface area (Å²) in [6, 6.07) is 11.7. The predicted molar refractivity (Wildman–Crippen MR) is 113 cm³/mol. The first-order valence-electron chi connectivity index (χ1n) is 9.08. The number of aromatic nitrogens is 2. The third kappa shape index (κ3) is 4.45. The van der Waals surface area contributed by atoms with Crippen LogP contribution in [0.1, 0.15) is 18.9 Å². The van der Waals surface area contributed by atoms with Gasteiger partial charge in [0.1, 0.15) is 5.69 Å². The van der Waals surface area contributed by atoms with Gasteiger partial charge < -0.3 is 5.32 Å². The normalized spacial score (nSPS) is 10.8. The standard InChI is InChI=1S/C20H20N4O4S/c1-3-11-23-19(26)14-8-4-5-9-15(14)21-20(23)29-12-17(25)22-18-13(2)7-6-10-16(18)24(27)28/h4-10H,3,11-12H2,1-2H3,(H,22,25). The summed E-state index contributed by atoms with van der Waals surface area (Å²) in [5.74, 6) is -0.433. The smallest absolute Gasteiger partial charge is 0.293 e. The number of nitro benzene ring substituents is 1. The number of para-hydroxylation sites is 2. The van der Waals surface area contributed by atoms with Gasteiger partial charge >= 0.3 is 0 Å². The Morgan fingerprint density at radius 1 is 1.24 bits per heavy atom. The van der Waals surface area contributed by atoms with Crippen LogP contribution in [0.2, 0.25) is 0 Å². The number of benzene rings is 2. The number of hydrogen-bond acceptors (Lipinski definition) is 6. The van der Waals surface area contributed by atoms with Gasteiger partial charge in [0.2, 0.25) is 5.91 Å². The second-order valence-electron chi connectivity index (χ2n) is 6.43. The molecule has 8 nitrogen and oxygen atoms in total. The molecule has 0 fully saturated rings. The van der Waals surface area contributed by atoms with Crippen molar-refractivity contribution < 1.29 is 9.72 Å². The van der Waals surface area contributed by atoms with E-state index in [4.69, 9.17) is 0 Å². The number of thioether (sulfide) groups is 1. The number of nitrogens with zero attached hydrogens (tertiary/aromatic N) is 3. The summed E-state index contributed by atoms with van der Waals surface area (Å²) in [6.07, 6.45) is 0.745. The van der Waals surface area contributed by atoms with E-state index >= 15 is 0 Å². The van der Waals surface area contributed by atoms with Crippen molar-refractivity contribution in [1.82, 2.24) is 9.55 Å². The van der Waals surface area contributed by atoms with E-state index in [2.05, 4.69) is 10.3 Å². The molecular weight excluding hydrogens is 392 g/mol. The number of anilines is 1. The molecule has 0 aliphatic carbocycles. The number of fused-ring (bicyclic) bond motifs is 1. The lowest BCUT2D eigenvalue weighted by atomic mass is 10.1. The van der Waals surface area contributed by atoms with Crippen LogP contribution in [0.15, 0.2) is 52.4 Å². The minimum Gasteiger partial charge on any atom is -0.319 e. The number of aryl methyl sites for hydroxylation is 1. The largest absolute Gasteiger partial charge is 0.319 e. The molecule has 2 aromatic carbocycles. The molecule has 1 N–H and O–H groups in total. The maximum absolute atomic E-state index is 12.8. The van der Waals surface area contributed by atoms with Gasteiger partial charge in [0, 0.05) is 12.6 Å². The molecule has 0 aliphatic rings. The van der Waals surface area contributed by atoms with Gasteiger partial charge in [0.15, 0.2) is 5.16 Å². The lowest BCUT2D eigenvalue weighted by Crippen LogP contribution is -2.24. The van der Waals surface area contributed by atoms with Crippen LogP contribution in [0.3, 0.4) is 0 Å². The van der Waals surface area contributed by atoms with Crippen molar-refractivity contribution in [2.45, 2.75) is 32.0 Å². The van der Waals surface area contributed by atoms with Gasteiger partial charge in [-0.3, -0.25) is 24.3 Å². The van der Waals surface area contributed by atoms with Gasteiger partial charge in [-0.15, -0.1) is 0 Å². The Hall–Kier alpha value is -3.20. The fraction of sp³-hybridized carbons (Fsp3) is 0.250. The van der Waals surface area contributed by atoms with E-state index in [1.54, 1.807) is 47.9 Å². The van der Waals surface area contributed by atoms with Crippen LogP contribution in [-0.2, 0) is 11.3 Å². The Morgan fingerprint density at radius 3 is 2.72 bits per heavy atom. The van der Waals surface area contributed by atoms with E-state index in [-0.39, 0.29) is 22.7 Å². The first-order valence-corrected chi connectivity index (χ1v) is 10.1. The van der Waals surface area contributed by atoms with Crippen LogP contribution >= 0.6 is 11.8 Å². The van der Waals surface area contributed by atoms with Crippen LogP contribution in [-0.4, -0.2) is 26.1 Å². The number of nitro groups is 1. The third-order valence-electron chi connectivity index (χ3n) is 4.32. The van der Waals surface area contributed by atoms with Crippen molar-refractivity contribution in [2.75, 3.05) is 11.1 Å². The molecule has 1 aromatic heterocycles. The number of nitrogens with one attached hydrogen (secondary N) is 1. The molecule has 0 saturated carbocycles. The molecule has 3 aromatic rings. The Morgan fingerprint density at radius 2 is 2.00 bits per heavy atom. The molecule has 0 radical (unpaired) electrons. The predicted octanol–water partition coefficient (Wildman–Crippen LogP) is 3.75. The van der Waals surface area contributed by atoms with Gasteiger partial charge in [0.25, 0.3) is 11.2 Å². The number of carbonyl (C=O) groups excluding carboxylic acids is 1. The van der Waals surface area contributed by atoms with E-state index in [0.717, 1.165) is 18.2 Å². The summed E-state index contributed by atoms with van der Waals surface area (Å²) < 4.78 is 1.57. The number of carbonyl (C=O) groups is 1. The summed E-state index contributed by atoms with van der Waals surface area (Å²) >= 11 is 1.13. The van der Waals surface area contributed by atoms with Crippen molar-refractivity contribution in [3.63, 3.8) is 0 Å². The molecule has 0 aliphatic heterocycles. The van der Waals surface area contributed by atoms with Crippen molar-refractivity contribution in [1.29, 1.82) is 0 Å². The molecule has 1 heterocycles. The van der Waals surface area contributed by atoms with E-state index in [1.165, 1.54) is 6.07 Å². The van der Waals surface area contributed by atoms with E-state index in [0.29, 0.717) is 28.2 Å². The van der Waals surface area contributed by atoms with Crippen LogP contribution in [0.5, 0.6) is 0 Å². The topological polar surface area (TPSA) is 107 Å².